The number of carbonyl (C=O) groups is 4. The minimum Gasteiger partial charge on any atom is -0.497 e. The Labute approximate surface area is 248 Å². The summed E-state index contributed by atoms with van der Waals surface area (Å²) >= 11 is 12.7. The van der Waals surface area contributed by atoms with Gasteiger partial charge in [-0.1, -0.05) is 59.6 Å². The SMILES string of the molecule is COc1cccc(CCC(=O)c2cc(Cl)c(C(=O)N[C@@H](CCC(=O)C[C@@H]3CCc4ccccc43)C(=O)O)c(Cl)c2)c1. The van der Waals surface area contributed by atoms with Gasteiger partial charge < -0.3 is 15.2 Å². The Bertz CT molecular complexity index is 1450. The van der Waals surface area contributed by atoms with E-state index in [0.717, 1.165) is 18.4 Å². The lowest BCUT2D eigenvalue weighted by molar-refractivity contribution is -0.139. The van der Waals surface area contributed by atoms with Gasteiger partial charge in [0.25, 0.3) is 5.91 Å². The molecule has 1 amide bonds. The van der Waals surface area contributed by atoms with Crippen LogP contribution < -0.4 is 10.1 Å². The van der Waals surface area contributed by atoms with E-state index >= 15 is 0 Å². The molecule has 2 N–H and O–H groups in total. The summed E-state index contributed by atoms with van der Waals surface area (Å²) in [6, 6.07) is 16.8. The third-order valence-electron chi connectivity index (χ3n) is 7.41. The molecule has 1 aliphatic carbocycles. The normalized spacial score (nSPS) is 14.7. The molecule has 3 aromatic carbocycles. The summed E-state index contributed by atoms with van der Waals surface area (Å²) in [5.74, 6) is -1.50. The van der Waals surface area contributed by atoms with Crippen LogP contribution >= 0.6 is 23.2 Å². The number of aliphatic carboxylic acids is 1. The lowest BCUT2D eigenvalue weighted by Crippen LogP contribution is -2.41. The van der Waals surface area contributed by atoms with Crippen molar-refractivity contribution in [2.45, 2.75) is 56.9 Å². The van der Waals surface area contributed by atoms with E-state index in [-0.39, 0.29) is 57.9 Å². The number of benzene rings is 3. The summed E-state index contributed by atoms with van der Waals surface area (Å²) in [5, 5.41) is 12.0. The maximum atomic E-state index is 13.0. The van der Waals surface area contributed by atoms with Gasteiger partial charge in [-0.2, -0.15) is 0 Å². The molecule has 3 aromatic rings. The predicted octanol–water partition coefficient (Wildman–Crippen LogP) is 6.47. The zero-order chi connectivity index (χ0) is 29.5. The number of hydrogen-bond donors (Lipinski definition) is 2. The molecule has 0 saturated carbocycles. The first-order valence-electron chi connectivity index (χ1n) is 13.4. The molecule has 0 aromatic heterocycles. The van der Waals surface area contributed by atoms with Gasteiger partial charge in [0.15, 0.2) is 5.78 Å². The molecule has 9 heteroatoms. The maximum Gasteiger partial charge on any atom is 0.326 e. The predicted molar refractivity (Wildman–Crippen MR) is 157 cm³/mol. The van der Waals surface area contributed by atoms with Gasteiger partial charge in [-0.25, -0.2) is 4.79 Å². The van der Waals surface area contributed by atoms with Crippen molar-refractivity contribution in [2.24, 2.45) is 0 Å². The van der Waals surface area contributed by atoms with Crippen LogP contribution in [-0.2, 0) is 22.4 Å². The van der Waals surface area contributed by atoms with Crippen molar-refractivity contribution in [3.8, 4) is 5.75 Å². The fraction of sp³-hybridized carbons (Fsp3) is 0.312. The van der Waals surface area contributed by atoms with Crippen molar-refractivity contribution in [1.29, 1.82) is 0 Å². The van der Waals surface area contributed by atoms with Crippen molar-refractivity contribution >= 4 is 46.6 Å². The number of ether oxygens (including phenoxy) is 1. The number of halogens is 2. The summed E-state index contributed by atoms with van der Waals surface area (Å²) in [5.41, 5.74) is 3.47. The molecular formula is C32H31Cl2NO6. The highest BCUT2D eigenvalue weighted by Crippen LogP contribution is 2.35. The molecule has 0 radical (unpaired) electrons. The Hall–Kier alpha value is -3.68. The van der Waals surface area contributed by atoms with E-state index in [4.69, 9.17) is 27.9 Å². The van der Waals surface area contributed by atoms with Crippen LogP contribution in [0.4, 0.5) is 0 Å². The third kappa shape index (κ3) is 7.75. The number of amides is 1. The minimum atomic E-state index is -1.31. The molecule has 0 fully saturated rings. The zero-order valence-electron chi connectivity index (χ0n) is 22.6. The summed E-state index contributed by atoms with van der Waals surface area (Å²) in [4.78, 5) is 50.4. The largest absolute Gasteiger partial charge is 0.497 e. The summed E-state index contributed by atoms with van der Waals surface area (Å²) in [6.45, 7) is 0. The van der Waals surface area contributed by atoms with Crippen molar-refractivity contribution in [3.05, 3.63) is 98.5 Å². The van der Waals surface area contributed by atoms with Crippen LogP contribution in [0.5, 0.6) is 5.75 Å². The third-order valence-corrected chi connectivity index (χ3v) is 8.01. The molecule has 7 nitrogen and oxygen atoms in total. The number of Topliss-reactive ketones (excluding diaryl/α,β-unsaturated/α-hetero) is 2. The minimum absolute atomic E-state index is 0.0120. The van der Waals surface area contributed by atoms with Gasteiger partial charge in [0, 0.05) is 24.8 Å². The highest BCUT2D eigenvalue weighted by atomic mass is 35.5. The molecule has 4 rings (SSSR count). The topological polar surface area (TPSA) is 110 Å². The molecular weight excluding hydrogens is 565 g/mol. The van der Waals surface area contributed by atoms with E-state index in [2.05, 4.69) is 11.4 Å². The molecule has 41 heavy (non-hydrogen) atoms. The number of rotatable bonds is 13. The Kier molecular flexibility index (Phi) is 10.2. The number of hydrogen-bond acceptors (Lipinski definition) is 5. The molecule has 0 unspecified atom stereocenters. The fourth-order valence-corrected chi connectivity index (χ4v) is 5.87. The number of aryl methyl sites for hydroxylation is 2. The number of ketones is 2. The van der Waals surface area contributed by atoms with Crippen LogP contribution in [0.15, 0.2) is 60.7 Å². The Morgan fingerprint density at radius 3 is 2.44 bits per heavy atom. The lowest BCUT2D eigenvalue weighted by Gasteiger charge is -2.17. The van der Waals surface area contributed by atoms with Crippen molar-refractivity contribution in [3.63, 3.8) is 0 Å². The lowest BCUT2D eigenvalue weighted by atomic mass is 9.93. The highest BCUT2D eigenvalue weighted by Gasteiger charge is 2.27. The van der Waals surface area contributed by atoms with Crippen LogP contribution in [0.3, 0.4) is 0 Å². The van der Waals surface area contributed by atoms with E-state index in [1.165, 1.54) is 23.3 Å². The van der Waals surface area contributed by atoms with Gasteiger partial charge in [-0.05, 0) is 72.6 Å². The molecule has 0 saturated heterocycles. The molecule has 0 bridgehead atoms. The van der Waals surface area contributed by atoms with Gasteiger partial charge in [-0.15, -0.1) is 0 Å². The number of fused-ring (bicyclic) bond motifs is 1. The number of carbonyl (C=O) groups excluding carboxylic acids is 3. The van der Waals surface area contributed by atoms with Gasteiger partial charge in [0.1, 0.15) is 17.6 Å². The molecule has 0 spiro atoms. The molecule has 0 aliphatic heterocycles. The molecule has 0 heterocycles. The van der Waals surface area contributed by atoms with E-state index in [0.29, 0.717) is 18.6 Å². The van der Waals surface area contributed by atoms with Crippen molar-refractivity contribution < 1.29 is 29.0 Å². The smallest absolute Gasteiger partial charge is 0.326 e. The van der Waals surface area contributed by atoms with E-state index in [9.17, 15) is 24.3 Å². The van der Waals surface area contributed by atoms with Crippen molar-refractivity contribution in [1.82, 2.24) is 5.32 Å². The first kappa shape index (κ1) is 30.3. The van der Waals surface area contributed by atoms with Crippen LogP contribution in [-0.4, -0.2) is 41.7 Å². The van der Waals surface area contributed by atoms with Gasteiger partial charge in [0.2, 0.25) is 0 Å². The Balaban J connectivity index is 1.35. The first-order chi connectivity index (χ1) is 19.7. The second kappa shape index (κ2) is 13.8. The quantitative estimate of drug-likeness (QED) is 0.219. The average molecular weight is 597 g/mol. The van der Waals surface area contributed by atoms with Crippen molar-refractivity contribution in [2.75, 3.05) is 7.11 Å². The molecule has 1 aliphatic rings. The number of carboxylic acids is 1. The zero-order valence-corrected chi connectivity index (χ0v) is 24.1. The van der Waals surface area contributed by atoms with Crippen LogP contribution in [0.25, 0.3) is 0 Å². The van der Waals surface area contributed by atoms with Crippen LogP contribution in [0, 0.1) is 0 Å². The van der Waals surface area contributed by atoms with Crippen LogP contribution in [0.1, 0.15) is 75.4 Å². The summed E-state index contributed by atoms with van der Waals surface area (Å²) in [6.07, 6.45) is 2.76. The van der Waals surface area contributed by atoms with Crippen LogP contribution in [0.2, 0.25) is 10.0 Å². The first-order valence-corrected chi connectivity index (χ1v) is 14.2. The Morgan fingerprint density at radius 2 is 1.73 bits per heavy atom. The molecule has 2 atom stereocenters. The fourth-order valence-electron chi connectivity index (χ4n) is 5.21. The molecule has 214 valence electrons. The van der Waals surface area contributed by atoms with E-state index < -0.39 is 17.9 Å². The average Bonchev–Trinajstić information content (AvgIpc) is 3.36. The monoisotopic (exact) mass is 595 g/mol. The van der Waals surface area contributed by atoms with Gasteiger partial charge in [0.05, 0.1) is 22.7 Å². The van der Waals surface area contributed by atoms with E-state index in [1.54, 1.807) is 7.11 Å². The summed E-state index contributed by atoms with van der Waals surface area (Å²) in [7, 11) is 1.57. The summed E-state index contributed by atoms with van der Waals surface area (Å²) < 4.78 is 5.21. The number of carboxylic acid groups (broad SMARTS) is 1. The standard InChI is InChI=1S/C32H31Cl2NO6/c1-41-24-7-4-5-19(15-24)9-14-29(37)22-17-26(33)30(27(34)18-22)31(38)35-28(32(39)40)13-12-23(36)16-21-11-10-20-6-2-3-8-25(20)21/h2-8,15,17-18,21,28H,9-14,16H2,1H3,(H,35,38)(H,39,40)/t21-,28-/m0/s1. The van der Waals surface area contributed by atoms with Gasteiger partial charge >= 0.3 is 5.97 Å². The number of methoxy groups -OCH3 is 1. The van der Waals surface area contributed by atoms with Gasteiger partial charge in [-0.3, -0.25) is 14.4 Å². The Morgan fingerprint density at radius 1 is 1.00 bits per heavy atom. The highest BCUT2D eigenvalue weighted by molar-refractivity contribution is 6.40. The number of nitrogens with one attached hydrogen (secondary N) is 1. The van der Waals surface area contributed by atoms with E-state index in [1.807, 2.05) is 42.5 Å². The second-order valence-electron chi connectivity index (χ2n) is 10.2. The maximum absolute atomic E-state index is 13.0. The second-order valence-corrected chi connectivity index (χ2v) is 11.0.